The first-order valence-electron chi connectivity index (χ1n) is 12.6. The molecule has 2 aliphatic carbocycles. The van der Waals surface area contributed by atoms with E-state index in [0.29, 0.717) is 58.3 Å². The molecule has 7 nitrogen and oxygen atoms in total. The zero-order valence-electron chi connectivity index (χ0n) is 20.2. The molecule has 0 spiro atoms. The molecule has 6 atom stereocenters. The summed E-state index contributed by atoms with van der Waals surface area (Å²) >= 11 is 0. The van der Waals surface area contributed by atoms with Crippen molar-refractivity contribution in [1.82, 2.24) is 10.2 Å². The van der Waals surface area contributed by atoms with Crippen LogP contribution in [0.25, 0.3) is 0 Å². The van der Waals surface area contributed by atoms with Crippen LogP contribution in [0.3, 0.4) is 0 Å². The van der Waals surface area contributed by atoms with Crippen molar-refractivity contribution in [3.8, 4) is 0 Å². The third-order valence-electron chi connectivity index (χ3n) is 7.48. The number of amides is 2. The molecule has 2 amide bonds. The molecule has 2 heterocycles. The standard InChI is InChI=1S/C25H35F2N2O5P/c1-2-34-35(32,17-19-20(26)8-6-9-21(19)27)25-16-18(25)12-15-33-14-5-3-4-11-23(30)29-13-7-10-22(29)24(31)28-25/h3,5-6,8-9,18-20,22H,2,4,7,10-17H2,1H3,(H,28,31)/b5-3+/t18-,19?,20?,22+,25+,35?/m1/s1. The van der Waals surface area contributed by atoms with E-state index in [4.69, 9.17) is 9.26 Å². The number of hydrogen-bond acceptors (Lipinski definition) is 5. The molecule has 0 aromatic rings. The summed E-state index contributed by atoms with van der Waals surface area (Å²) in [7, 11) is -3.76. The number of ether oxygens (including phenoxy) is 1. The van der Waals surface area contributed by atoms with Gasteiger partial charge in [-0.25, -0.2) is 8.78 Å². The summed E-state index contributed by atoms with van der Waals surface area (Å²) in [6, 6.07) is -0.649. The van der Waals surface area contributed by atoms with Crippen LogP contribution in [-0.2, 0) is 23.4 Å². The van der Waals surface area contributed by atoms with Gasteiger partial charge in [0.15, 0.2) is 0 Å². The number of rotatable bonds is 5. The van der Waals surface area contributed by atoms with Crippen molar-refractivity contribution in [2.45, 2.75) is 62.9 Å². The Morgan fingerprint density at radius 2 is 2.14 bits per heavy atom. The van der Waals surface area contributed by atoms with Gasteiger partial charge in [-0.15, -0.1) is 0 Å². The average molecular weight is 513 g/mol. The number of allylic oxidation sites excluding steroid dienone is 5. The van der Waals surface area contributed by atoms with Gasteiger partial charge in [0, 0.05) is 25.7 Å². The minimum atomic E-state index is -3.76. The van der Waals surface area contributed by atoms with Crippen LogP contribution in [-0.4, -0.2) is 66.7 Å². The number of hydrogen-bond donors (Lipinski definition) is 1. The highest BCUT2D eigenvalue weighted by atomic mass is 31.2. The van der Waals surface area contributed by atoms with Gasteiger partial charge in [0.25, 0.3) is 0 Å². The van der Waals surface area contributed by atoms with Crippen LogP contribution >= 0.6 is 7.37 Å². The summed E-state index contributed by atoms with van der Waals surface area (Å²) < 4.78 is 55.2. The van der Waals surface area contributed by atoms with E-state index in [1.807, 2.05) is 12.2 Å². The molecule has 2 aliphatic heterocycles. The Labute approximate surface area is 205 Å². The van der Waals surface area contributed by atoms with Gasteiger partial charge < -0.3 is 19.5 Å². The summed E-state index contributed by atoms with van der Waals surface area (Å²) in [5, 5.41) is 1.77. The van der Waals surface area contributed by atoms with E-state index >= 15 is 0 Å². The Balaban J connectivity index is 1.63. The lowest BCUT2D eigenvalue weighted by atomic mass is 10.00. The number of carbonyl (C=O) groups is 2. The Morgan fingerprint density at radius 3 is 2.91 bits per heavy atom. The predicted molar refractivity (Wildman–Crippen MR) is 128 cm³/mol. The highest BCUT2D eigenvalue weighted by molar-refractivity contribution is 7.61. The van der Waals surface area contributed by atoms with Crippen LogP contribution in [0.1, 0.15) is 45.4 Å². The second-order valence-electron chi connectivity index (χ2n) is 9.69. The van der Waals surface area contributed by atoms with E-state index in [2.05, 4.69) is 5.32 Å². The topological polar surface area (TPSA) is 84.9 Å². The van der Waals surface area contributed by atoms with Crippen molar-refractivity contribution in [3.63, 3.8) is 0 Å². The molecule has 1 saturated heterocycles. The van der Waals surface area contributed by atoms with Gasteiger partial charge in [0.2, 0.25) is 19.2 Å². The summed E-state index contributed by atoms with van der Waals surface area (Å²) in [4.78, 5) is 27.9. The predicted octanol–water partition coefficient (Wildman–Crippen LogP) is 4.26. The number of alkyl halides is 1. The van der Waals surface area contributed by atoms with E-state index in [0.717, 1.165) is 0 Å². The quantitative estimate of drug-likeness (QED) is 0.440. The van der Waals surface area contributed by atoms with Crippen molar-refractivity contribution >= 4 is 19.2 Å². The fourth-order valence-corrected chi connectivity index (χ4v) is 8.95. The lowest BCUT2D eigenvalue weighted by molar-refractivity contribution is -0.138. The molecule has 3 unspecified atom stereocenters. The second kappa shape index (κ2) is 11.1. The molecule has 2 fully saturated rings. The first kappa shape index (κ1) is 26.2. The molecular weight excluding hydrogens is 477 g/mol. The molecule has 4 aliphatic rings. The fourth-order valence-electron chi connectivity index (χ4n) is 5.51. The third kappa shape index (κ3) is 5.47. The molecule has 0 aromatic carbocycles. The average Bonchev–Trinajstić information content (AvgIpc) is 3.29. The maximum atomic E-state index is 14.7. The van der Waals surface area contributed by atoms with Gasteiger partial charge in [-0.1, -0.05) is 18.2 Å². The van der Waals surface area contributed by atoms with E-state index in [1.54, 1.807) is 11.8 Å². The van der Waals surface area contributed by atoms with E-state index < -0.39 is 36.6 Å². The molecule has 0 aromatic heterocycles. The van der Waals surface area contributed by atoms with Crippen molar-refractivity contribution in [2.75, 3.05) is 32.5 Å². The normalized spacial score (nSPS) is 36.7. The maximum Gasteiger partial charge on any atom is 0.243 e. The fraction of sp³-hybridized carbons (Fsp3) is 0.680. The Hall–Kier alpha value is -1.83. The molecule has 0 radical (unpaired) electrons. The minimum Gasteiger partial charge on any atom is -0.377 e. The largest absolute Gasteiger partial charge is 0.377 e. The van der Waals surface area contributed by atoms with Gasteiger partial charge in [0.1, 0.15) is 23.3 Å². The molecule has 194 valence electrons. The van der Waals surface area contributed by atoms with Crippen molar-refractivity contribution < 1.29 is 32.2 Å². The van der Waals surface area contributed by atoms with Gasteiger partial charge in [-0.3, -0.25) is 14.2 Å². The molecule has 1 saturated carbocycles. The summed E-state index contributed by atoms with van der Waals surface area (Å²) in [6.07, 6.45) is 8.53. The van der Waals surface area contributed by atoms with Gasteiger partial charge in [-0.05, 0) is 57.1 Å². The van der Waals surface area contributed by atoms with Crippen LogP contribution < -0.4 is 5.32 Å². The Morgan fingerprint density at radius 1 is 1.31 bits per heavy atom. The lowest BCUT2D eigenvalue weighted by Crippen LogP contribution is -2.51. The maximum absolute atomic E-state index is 14.7. The molecule has 10 heteroatoms. The number of nitrogens with one attached hydrogen (secondary N) is 1. The number of nitrogens with zero attached hydrogens (tertiary/aromatic N) is 1. The third-order valence-corrected chi connectivity index (χ3v) is 10.9. The van der Waals surface area contributed by atoms with Crippen molar-refractivity contribution in [2.24, 2.45) is 11.8 Å². The van der Waals surface area contributed by atoms with Gasteiger partial charge >= 0.3 is 0 Å². The Bertz CT molecular complexity index is 954. The first-order valence-corrected chi connectivity index (χ1v) is 14.4. The SMILES string of the molecule is CCOP(=O)(CC1C(F)=CC=CC1F)[C@@]12C[C@H]1CCOC/C=C/CCC(=O)N1CCC[C@H]1C(=O)N2. The van der Waals surface area contributed by atoms with E-state index in [1.165, 1.54) is 18.2 Å². The zero-order chi connectivity index (χ0) is 25.1. The zero-order valence-corrected chi connectivity index (χ0v) is 21.1. The number of halogens is 2. The van der Waals surface area contributed by atoms with Gasteiger partial charge in [-0.2, -0.15) is 0 Å². The van der Waals surface area contributed by atoms with Gasteiger partial charge in [0.05, 0.1) is 19.1 Å². The van der Waals surface area contributed by atoms with E-state index in [9.17, 15) is 22.9 Å². The van der Waals surface area contributed by atoms with Crippen LogP contribution in [0.2, 0.25) is 0 Å². The lowest BCUT2D eigenvalue weighted by Gasteiger charge is -2.34. The summed E-state index contributed by atoms with van der Waals surface area (Å²) in [5.74, 6) is -2.60. The highest BCUT2D eigenvalue weighted by Crippen LogP contribution is 2.73. The van der Waals surface area contributed by atoms with Crippen LogP contribution in [0, 0.1) is 11.8 Å². The molecule has 4 rings (SSSR count). The first-order chi connectivity index (χ1) is 16.8. The molecular formula is C25H35F2N2O5P. The van der Waals surface area contributed by atoms with Crippen LogP contribution in [0.4, 0.5) is 8.78 Å². The Kier molecular flexibility index (Phi) is 8.29. The van der Waals surface area contributed by atoms with Crippen LogP contribution in [0.5, 0.6) is 0 Å². The van der Waals surface area contributed by atoms with Crippen molar-refractivity contribution in [1.29, 1.82) is 0 Å². The molecule has 35 heavy (non-hydrogen) atoms. The monoisotopic (exact) mass is 512 g/mol. The van der Waals surface area contributed by atoms with Crippen molar-refractivity contribution in [3.05, 3.63) is 36.2 Å². The summed E-state index contributed by atoms with van der Waals surface area (Å²) in [5.41, 5.74) is 0. The number of carbonyl (C=O) groups excluding carboxylic acids is 2. The minimum absolute atomic E-state index is 0.0851. The molecule has 1 N–H and O–H groups in total. The van der Waals surface area contributed by atoms with E-state index in [-0.39, 0.29) is 30.5 Å². The highest BCUT2D eigenvalue weighted by Gasteiger charge is 2.68. The smallest absolute Gasteiger partial charge is 0.243 e. The number of fused-ring (bicyclic) bond motifs is 2. The molecule has 0 bridgehead atoms. The summed E-state index contributed by atoms with van der Waals surface area (Å²) in [6.45, 7) is 3.05. The van der Waals surface area contributed by atoms with Crippen LogP contribution in [0.15, 0.2) is 36.2 Å². The second-order valence-corrected chi connectivity index (χ2v) is 12.5.